The molecule has 8 heteroatoms. The van der Waals surface area contributed by atoms with Gasteiger partial charge in [0, 0.05) is 24.6 Å². The standard InChI is InChI=1S/C18H21N3O4S/c1-10-12-8-16(26-18(12)21(2)20-10)17(22)19-9-13-14(24-4)6-11(23-3)7-15(13)25-5/h6-8H,9H2,1-5H3,(H,19,22). The van der Waals surface area contributed by atoms with E-state index >= 15 is 0 Å². The van der Waals surface area contributed by atoms with Gasteiger partial charge in [0.05, 0.1) is 44.0 Å². The Labute approximate surface area is 155 Å². The van der Waals surface area contributed by atoms with Crippen LogP contribution in [0.15, 0.2) is 18.2 Å². The van der Waals surface area contributed by atoms with Crippen LogP contribution in [0, 0.1) is 6.92 Å². The number of carbonyl (C=O) groups is 1. The Hall–Kier alpha value is -2.74. The Balaban J connectivity index is 1.83. The summed E-state index contributed by atoms with van der Waals surface area (Å²) in [4.78, 5) is 14.2. The Kier molecular flexibility index (Phi) is 5.03. The summed E-state index contributed by atoms with van der Waals surface area (Å²) < 4.78 is 17.9. The number of aryl methyl sites for hydroxylation is 2. The van der Waals surface area contributed by atoms with E-state index in [0.29, 0.717) is 22.1 Å². The highest BCUT2D eigenvalue weighted by atomic mass is 32.1. The molecule has 0 spiro atoms. The number of hydrogen-bond acceptors (Lipinski definition) is 6. The average Bonchev–Trinajstić information content (AvgIpc) is 3.20. The van der Waals surface area contributed by atoms with Crippen molar-refractivity contribution in [3.8, 4) is 17.2 Å². The van der Waals surface area contributed by atoms with Gasteiger partial charge in [-0.1, -0.05) is 0 Å². The summed E-state index contributed by atoms with van der Waals surface area (Å²) in [5, 5.41) is 8.29. The van der Waals surface area contributed by atoms with Crippen molar-refractivity contribution in [3.63, 3.8) is 0 Å². The number of rotatable bonds is 6. The number of nitrogens with zero attached hydrogens (tertiary/aromatic N) is 2. The van der Waals surface area contributed by atoms with Gasteiger partial charge in [-0.25, -0.2) is 0 Å². The quantitative estimate of drug-likeness (QED) is 0.717. The predicted octanol–water partition coefficient (Wildman–Crippen LogP) is 2.90. The Morgan fingerprint density at radius 1 is 1.15 bits per heavy atom. The van der Waals surface area contributed by atoms with Crippen molar-refractivity contribution in [2.75, 3.05) is 21.3 Å². The lowest BCUT2D eigenvalue weighted by Crippen LogP contribution is -2.22. The molecule has 1 amide bonds. The molecule has 0 saturated heterocycles. The third-order valence-electron chi connectivity index (χ3n) is 4.16. The maximum atomic E-state index is 12.6. The zero-order chi connectivity index (χ0) is 18.8. The van der Waals surface area contributed by atoms with Crippen LogP contribution >= 0.6 is 11.3 Å². The van der Waals surface area contributed by atoms with E-state index in [-0.39, 0.29) is 12.5 Å². The summed E-state index contributed by atoms with van der Waals surface area (Å²) >= 11 is 1.42. The molecule has 0 atom stereocenters. The van der Waals surface area contributed by atoms with Gasteiger partial charge in [0.15, 0.2) is 0 Å². The lowest BCUT2D eigenvalue weighted by atomic mass is 10.1. The number of nitrogens with one attached hydrogen (secondary N) is 1. The van der Waals surface area contributed by atoms with Gasteiger partial charge < -0.3 is 19.5 Å². The molecule has 3 aromatic rings. The highest BCUT2D eigenvalue weighted by Gasteiger charge is 2.18. The van der Waals surface area contributed by atoms with E-state index < -0.39 is 0 Å². The highest BCUT2D eigenvalue weighted by Crippen LogP contribution is 2.34. The molecule has 2 heterocycles. The molecule has 0 fully saturated rings. The van der Waals surface area contributed by atoms with Crippen molar-refractivity contribution >= 4 is 27.5 Å². The number of fused-ring (bicyclic) bond motifs is 1. The molecule has 0 aliphatic heterocycles. The smallest absolute Gasteiger partial charge is 0.261 e. The number of carbonyl (C=O) groups excluding carboxylic acids is 1. The van der Waals surface area contributed by atoms with Crippen molar-refractivity contribution in [1.82, 2.24) is 15.1 Å². The zero-order valence-corrected chi connectivity index (χ0v) is 16.2. The monoisotopic (exact) mass is 375 g/mol. The first kappa shape index (κ1) is 18.1. The maximum absolute atomic E-state index is 12.6. The van der Waals surface area contributed by atoms with Crippen LogP contribution < -0.4 is 19.5 Å². The number of thiophene rings is 1. The summed E-state index contributed by atoms with van der Waals surface area (Å²) in [6, 6.07) is 5.40. The van der Waals surface area contributed by atoms with E-state index in [0.717, 1.165) is 21.5 Å². The first-order valence-corrected chi connectivity index (χ1v) is 8.80. The van der Waals surface area contributed by atoms with Crippen LogP contribution in [-0.4, -0.2) is 37.0 Å². The van der Waals surface area contributed by atoms with E-state index in [9.17, 15) is 4.79 Å². The molecule has 26 heavy (non-hydrogen) atoms. The minimum atomic E-state index is -0.148. The minimum absolute atomic E-state index is 0.148. The van der Waals surface area contributed by atoms with Gasteiger partial charge in [0.1, 0.15) is 22.1 Å². The summed E-state index contributed by atoms with van der Waals surface area (Å²) in [5.41, 5.74) is 1.67. The number of benzene rings is 1. The van der Waals surface area contributed by atoms with Gasteiger partial charge in [-0.05, 0) is 13.0 Å². The lowest BCUT2D eigenvalue weighted by Gasteiger charge is -2.15. The molecule has 1 N–H and O–H groups in total. The van der Waals surface area contributed by atoms with Crippen molar-refractivity contribution in [2.24, 2.45) is 7.05 Å². The van der Waals surface area contributed by atoms with Gasteiger partial charge in [-0.15, -0.1) is 11.3 Å². The highest BCUT2D eigenvalue weighted by molar-refractivity contribution is 7.20. The van der Waals surface area contributed by atoms with E-state index in [4.69, 9.17) is 14.2 Å². The first-order chi connectivity index (χ1) is 12.5. The fourth-order valence-electron chi connectivity index (χ4n) is 2.83. The fraction of sp³-hybridized carbons (Fsp3) is 0.333. The average molecular weight is 375 g/mol. The van der Waals surface area contributed by atoms with Gasteiger partial charge in [0.25, 0.3) is 5.91 Å². The second-order valence-electron chi connectivity index (χ2n) is 5.73. The number of aromatic nitrogens is 2. The topological polar surface area (TPSA) is 74.6 Å². The summed E-state index contributed by atoms with van der Waals surface area (Å²) in [6.45, 7) is 2.21. The van der Waals surface area contributed by atoms with Crippen LogP contribution in [0.1, 0.15) is 20.9 Å². The van der Waals surface area contributed by atoms with Crippen molar-refractivity contribution in [2.45, 2.75) is 13.5 Å². The fourth-order valence-corrected chi connectivity index (χ4v) is 3.86. The predicted molar refractivity (Wildman–Crippen MR) is 101 cm³/mol. The normalized spacial score (nSPS) is 10.8. The molecule has 3 rings (SSSR count). The Morgan fingerprint density at radius 2 is 1.81 bits per heavy atom. The van der Waals surface area contributed by atoms with Crippen LogP contribution in [-0.2, 0) is 13.6 Å². The molecule has 0 aliphatic rings. The Bertz CT molecular complexity index is 901. The SMILES string of the molecule is COc1cc(OC)c(CNC(=O)c2cc3c(C)nn(C)c3s2)c(OC)c1. The summed E-state index contributed by atoms with van der Waals surface area (Å²) in [7, 11) is 6.59. The van der Waals surface area contributed by atoms with Crippen LogP contribution in [0.25, 0.3) is 10.2 Å². The largest absolute Gasteiger partial charge is 0.496 e. The maximum Gasteiger partial charge on any atom is 0.261 e. The van der Waals surface area contributed by atoms with Gasteiger partial charge in [-0.3, -0.25) is 9.48 Å². The molecule has 0 aliphatic carbocycles. The second-order valence-corrected chi connectivity index (χ2v) is 6.76. The molecular weight excluding hydrogens is 354 g/mol. The van der Waals surface area contributed by atoms with Crippen LogP contribution in [0.2, 0.25) is 0 Å². The summed E-state index contributed by atoms with van der Waals surface area (Å²) in [6.07, 6.45) is 0. The van der Waals surface area contributed by atoms with E-state index in [1.807, 2.05) is 20.0 Å². The second kappa shape index (κ2) is 7.25. The Morgan fingerprint density at radius 3 is 2.35 bits per heavy atom. The van der Waals surface area contributed by atoms with Gasteiger partial charge in [0.2, 0.25) is 0 Å². The zero-order valence-electron chi connectivity index (χ0n) is 15.4. The van der Waals surface area contributed by atoms with Crippen LogP contribution in [0.4, 0.5) is 0 Å². The molecule has 0 saturated carbocycles. The molecule has 138 valence electrons. The molecule has 1 aromatic carbocycles. The molecule has 0 bridgehead atoms. The van der Waals surface area contributed by atoms with Crippen molar-refractivity contribution < 1.29 is 19.0 Å². The van der Waals surface area contributed by atoms with E-state index in [1.54, 1.807) is 38.1 Å². The molecule has 0 radical (unpaired) electrons. The number of ether oxygens (including phenoxy) is 3. The summed E-state index contributed by atoms with van der Waals surface area (Å²) in [5.74, 6) is 1.67. The molecule has 7 nitrogen and oxygen atoms in total. The molecular formula is C18H21N3O4S. The van der Waals surface area contributed by atoms with Crippen molar-refractivity contribution in [3.05, 3.63) is 34.3 Å². The third kappa shape index (κ3) is 3.20. The van der Waals surface area contributed by atoms with Crippen molar-refractivity contribution in [1.29, 1.82) is 0 Å². The first-order valence-electron chi connectivity index (χ1n) is 7.98. The third-order valence-corrected chi connectivity index (χ3v) is 5.36. The van der Waals surface area contributed by atoms with E-state index in [2.05, 4.69) is 10.4 Å². The van der Waals surface area contributed by atoms with Gasteiger partial charge >= 0.3 is 0 Å². The number of methoxy groups -OCH3 is 3. The number of amides is 1. The molecule has 0 unspecified atom stereocenters. The van der Waals surface area contributed by atoms with Crippen LogP contribution in [0.5, 0.6) is 17.2 Å². The van der Waals surface area contributed by atoms with E-state index in [1.165, 1.54) is 11.3 Å². The van der Waals surface area contributed by atoms with Crippen LogP contribution in [0.3, 0.4) is 0 Å². The minimum Gasteiger partial charge on any atom is -0.496 e. The number of hydrogen-bond donors (Lipinski definition) is 1. The van der Waals surface area contributed by atoms with Gasteiger partial charge in [-0.2, -0.15) is 5.10 Å². The lowest BCUT2D eigenvalue weighted by molar-refractivity contribution is 0.0954. The molecule has 2 aromatic heterocycles.